The molecule has 0 amide bonds. The van der Waals surface area contributed by atoms with Crippen LogP contribution in [0.1, 0.15) is 31.0 Å². The molecule has 1 saturated carbocycles. The van der Waals surface area contributed by atoms with Crippen LogP contribution >= 0.6 is 0 Å². The highest BCUT2D eigenvalue weighted by molar-refractivity contribution is 6.23. The van der Waals surface area contributed by atoms with Gasteiger partial charge in [0.2, 0.25) is 0 Å². The third-order valence-corrected chi connectivity index (χ3v) is 3.78. The molecule has 0 saturated heterocycles. The van der Waals surface area contributed by atoms with E-state index in [0.717, 1.165) is 30.7 Å². The van der Waals surface area contributed by atoms with Gasteiger partial charge in [-0.15, -0.1) is 0 Å². The highest BCUT2D eigenvalue weighted by Crippen LogP contribution is 2.33. The molecule has 20 heavy (non-hydrogen) atoms. The maximum atomic E-state index is 5.37. The van der Waals surface area contributed by atoms with E-state index in [4.69, 9.17) is 9.18 Å². The van der Waals surface area contributed by atoms with Gasteiger partial charge in [-0.05, 0) is 37.4 Å². The third kappa shape index (κ3) is 2.91. The van der Waals surface area contributed by atoms with Crippen molar-refractivity contribution in [3.05, 3.63) is 36.2 Å². The average Bonchev–Trinajstić information content (AvgIpc) is 3.15. The molecule has 1 N–H and O–H groups in total. The largest absolute Gasteiger partial charge is 0.427 e. The quantitative estimate of drug-likeness (QED) is 0.841. The fourth-order valence-electron chi connectivity index (χ4n) is 2.70. The molecule has 0 spiro atoms. The van der Waals surface area contributed by atoms with Gasteiger partial charge in [0.15, 0.2) is 5.82 Å². The molecule has 1 aliphatic carbocycles. The van der Waals surface area contributed by atoms with E-state index in [1.807, 2.05) is 30.3 Å². The van der Waals surface area contributed by atoms with Crippen molar-refractivity contribution in [3.8, 4) is 11.5 Å². The number of hydrogen-bond donors (Lipinski definition) is 1. The predicted octanol–water partition coefficient (Wildman–Crippen LogP) is 1.88. The van der Waals surface area contributed by atoms with Crippen LogP contribution in [0.3, 0.4) is 0 Å². The summed E-state index contributed by atoms with van der Waals surface area (Å²) in [5, 5.41) is 7.51. The summed E-state index contributed by atoms with van der Waals surface area (Å²) in [5.41, 5.74) is 0.971. The molecule has 1 heterocycles. The SMILES string of the molecule is COBNC1CCC(c2noc(-c3ccccc3)n2)C1. The summed E-state index contributed by atoms with van der Waals surface area (Å²) in [6, 6.07) is 10.4. The first-order valence-electron chi connectivity index (χ1n) is 6.98. The van der Waals surface area contributed by atoms with Crippen LogP contribution in [0.5, 0.6) is 0 Å². The minimum absolute atomic E-state index is 0.380. The molecule has 1 aromatic heterocycles. The van der Waals surface area contributed by atoms with E-state index >= 15 is 0 Å². The van der Waals surface area contributed by atoms with Gasteiger partial charge >= 0.3 is 7.62 Å². The lowest BCUT2D eigenvalue weighted by molar-refractivity contribution is 0.412. The van der Waals surface area contributed by atoms with E-state index in [2.05, 4.69) is 15.4 Å². The van der Waals surface area contributed by atoms with Crippen molar-refractivity contribution >= 4 is 7.62 Å². The Morgan fingerprint density at radius 3 is 2.95 bits per heavy atom. The second-order valence-corrected chi connectivity index (χ2v) is 5.17. The first-order valence-corrected chi connectivity index (χ1v) is 6.98. The lowest BCUT2D eigenvalue weighted by atomic mass is 10.1. The van der Waals surface area contributed by atoms with Gasteiger partial charge in [0.25, 0.3) is 5.89 Å². The summed E-state index contributed by atoms with van der Waals surface area (Å²) in [7, 11) is 2.30. The second kappa shape index (κ2) is 6.20. The molecular weight excluding hydrogens is 253 g/mol. The standard InChI is InChI=1S/C14H18BN3O2/c1-19-15-17-12-8-7-11(9-12)13-16-14(20-18-13)10-5-3-2-4-6-10/h2-6,11-12,15,17H,7-9H2,1H3. The van der Waals surface area contributed by atoms with Crippen molar-refractivity contribution in [3.63, 3.8) is 0 Å². The van der Waals surface area contributed by atoms with Gasteiger partial charge in [-0.25, -0.2) is 0 Å². The molecule has 0 aliphatic heterocycles. The van der Waals surface area contributed by atoms with Crippen LogP contribution in [0.4, 0.5) is 0 Å². The monoisotopic (exact) mass is 271 g/mol. The Morgan fingerprint density at radius 1 is 1.30 bits per heavy atom. The summed E-state index contributed by atoms with van der Waals surface area (Å²) in [6.07, 6.45) is 3.26. The zero-order valence-electron chi connectivity index (χ0n) is 11.6. The molecule has 2 aromatic rings. The first kappa shape index (κ1) is 13.3. The smallest absolute Gasteiger partial charge is 0.360 e. The topological polar surface area (TPSA) is 60.2 Å². The van der Waals surface area contributed by atoms with Gasteiger partial charge in [-0.2, -0.15) is 4.98 Å². The molecule has 5 nitrogen and oxygen atoms in total. The summed E-state index contributed by atoms with van der Waals surface area (Å²) >= 11 is 0. The molecule has 2 unspecified atom stereocenters. The van der Waals surface area contributed by atoms with E-state index in [9.17, 15) is 0 Å². The normalized spacial score (nSPS) is 22.1. The number of nitrogens with zero attached hydrogens (tertiary/aromatic N) is 2. The van der Waals surface area contributed by atoms with Crippen molar-refractivity contribution < 1.29 is 9.18 Å². The van der Waals surface area contributed by atoms with Gasteiger partial charge in [0.05, 0.1) is 0 Å². The maximum Gasteiger partial charge on any atom is 0.360 e. The van der Waals surface area contributed by atoms with E-state index in [-0.39, 0.29) is 0 Å². The third-order valence-electron chi connectivity index (χ3n) is 3.78. The second-order valence-electron chi connectivity index (χ2n) is 5.17. The Morgan fingerprint density at radius 2 is 2.15 bits per heavy atom. The maximum absolute atomic E-state index is 5.37. The lowest BCUT2D eigenvalue weighted by Gasteiger charge is -2.09. The van der Waals surface area contributed by atoms with Crippen molar-refractivity contribution in [2.45, 2.75) is 31.2 Å². The molecule has 2 atom stereocenters. The number of hydrogen-bond acceptors (Lipinski definition) is 5. The van der Waals surface area contributed by atoms with Gasteiger partial charge in [-0.3, -0.25) is 0 Å². The van der Waals surface area contributed by atoms with Crippen LogP contribution in [0, 0.1) is 0 Å². The molecule has 3 rings (SSSR count). The van der Waals surface area contributed by atoms with Crippen LogP contribution in [-0.2, 0) is 4.65 Å². The number of rotatable bonds is 5. The van der Waals surface area contributed by atoms with Crippen LogP contribution in [-0.4, -0.2) is 30.9 Å². The number of aromatic nitrogens is 2. The Kier molecular flexibility index (Phi) is 4.13. The van der Waals surface area contributed by atoms with Crippen LogP contribution in [0.25, 0.3) is 11.5 Å². The summed E-state index contributed by atoms with van der Waals surface area (Å²) in [4.78, 5) is 4.54. The fraction of sp³-hybridized carbons (Fsp3) is 0.429. The highest BCUT2D eigenvalue weighted by atomic mass is 16.5. The van der Waals surface area contributed by atoms with Crippen molar-refractivity contribution in [2.24, 2.45) is 0 Å². The lowest BCUT2D eigenvalue weighted by Crippen LogP contribution is -2.31. The zero-order valence-corrected chi connectivity index (χ0v) is 11.6. The highest BCUT2D eigenvalue weighted by Gasteiger charge is 2.29. The Bertz CT molecular complexity index is 546. The first-order chi connectivity index (χ1) is 9.86. The molecule has 1 aliphatic rings. The summed E-state index contributed by atoms with van der Waals surface area (Å²) in [5.74, 6) is 1.81. The Hall–Kier alpha value is -1.66. The van der Waals surface area contributed by atoms with Crippen LogP contribution < -0.4 is 5.23 Å². The summed E-state index contributed by atoms with van der Waals surface area (Å²) in [6.45, 7) is 0. The fourth-order valence-corrected chi connectivity index (χ4v) is 2.70. The van der Waals surface area contributed by atoms with Crippen molar-refractivity contribution in [1.29, 1.82) is 0 Å². The molecule has 0 radical (unpaired) electrons. The van der Waals surface area contributed by atoms with Crippen molar-refractivity contribution in [2.75, 3.05) is 7.11 Å². The average molecular weight is 271 g/mol. The molecule has 0 bridgehead atoms. The minimum Gasteiger partial charge on any atom is -0.427 e. The minimum atomic E-state index is 0.380. The molecule has 1 fully saturated rings. The van der Waals surface area contributed by atoms with E-state index in [0.29, 0.717) is 25.5 Å². The predicted molar refractivity (Wildman–Crippen MR) is 77.4 cm³/mol. The number of nitrogens with one attached hydrogen (secondary N) is 1. The van der Waals surface area contributed by atoms with E-state index in [1.54, 1.807) is 7.11 Å². The van der Waals surface area contributed by atoms with Gasteiger partial charge in [-0.1, -0.05) is 23.4 Å². The molecule has 6 heteroatoms. The van der Waals surface area contributed by atoms with E-state index < -0.39 is 0 Å². The number of benzene rings is 1. The zero-order chi connectivity index (χ0) is 13.8. The van der Waals surface area contributed by atoms with Gasteiger partial charge in [0.1, 0.15) is 0 Å². The molecular formula is C14H18BN3O2. The van der Waals surface area contributed by atoms with Crippen LogP contribution in [0.2, 0.25) is 0 Å². The molecule has 104 valence electrons. The van der Waals surface area contributed by atoms with Crippen molar-refractivity contribution in [1.82, 2.24) is 15.4 Å². The molecule has 1 aromatic carbocycles. The Labute approximate surface area is 119 Å². The van der Waals surface area contributed by atoms with E-state index in [1.165, 1.54) is 0 Å². The van der Waals surface area contributed by atoms with Gasteiger partial charge in [0, 0.05) is 18.6 Å². The van der Waals surface area contributed by atoms with Crippen LogP contribution in [0.15, 0.2) is 34.9 Å². The summed E-state index contributed by atoms with van der Waals surface area (Å²) < 4.78 is 10.4. The van der Waals surface area contributed by atoms with Gasteiger partial charge < -0.3 is 14.4 Å². The Balaban J connectivity index is 1.66.